The average Bonchev–Trinajstić information content (AvgIpc) is 3.13. The van der Waals surface area contributed by atoms with Gasteiger partial charge in [-0.25, -0.2) is 0 Å². The van der Waals surface area contributed by atoms with E-state index in [0.29, 0.717) is 12.0 Å². The van der Waals surface area contributed by atoms with Gasteiger partial charge in [-0.15, -0.1) is 0 Å². The molecule has 0 aromatic carbocycles. The van der Waals surface area contributed by atoms with Gasteiger partial charge in [0.05, 0.1) is 12.0 Å². The van der Waals surface area contributed by atoms with Gasteiger partial charge >= 0.3 is 0 Å². The molecule has 112 valence electrons. The van der Waals surface area contributed by atoms with Crippen molar-refractivity contribution in [1.82, 2.24) is 15.5 Å². The standard InChI is InChI=1S/C15H25N3O2/c1-18(9-13(19)17-12-5-6-12)14(20)15-7-3-2-4-11(15)8-16-10-15/h11-12,16H,2-10H2,1H3,(H,17,19)/t11-,15+/m0/s1. The lowest BCUT2D eigenvalue weighted by atomic mass is 9.67. The van der Waals surface area contributed by atoms with Crippen LogP contribution in [0.5, 0.6) is 0 Å². The Bertz CT molecular complexity index is 408. The first-order valence-corrected chi connectivity index (χ1v) is 7.87. The highest BCUT2D eigenvalue weighted by Crippen LogP contribution is 2.44. The van der Waals surface area contributed by atoms with Gasteiger partial charge < -0.3 is 15.5 Å². The molecule has 1 saturated heterocycles. The molecule has 2 aliphatic carbocycles. The fraction of sp³-hybridized carbons (Fsp3) is 0.867. The summed E-state index contributed by atoms with van der Waals surface area (Å²) in [5, 5.41) is 6.34. The Kier molecular flexibility index (Phi) is 3.71. The first-order valence-electron chi connectivity index (χ1n) is 7.87. The maximum absolute atomic E-state index is 12.8. The molecule has 0 aromatic heterocycles. The monoisotopic (exact) mass is 279 g/mol. The Morgan fingerprint density at radius 1 is 1.30 bits per heavy atom. The fourth-order valence-corrected chi connectivity index (χ4v) is 3.84. The topological polar surface area (TPSA) is 61.4 Å². The minimum atomic E-state index is -0.243. The summed E-state index contributed by atoms with van der Waals surface area (Å²) in [4.78, 5) is 26.3. The van der Waals surface area contributed by atoms with Crippen LogP contribution in [-0.2, 0) is 9.59 Å². The minimum absolute atomic E-state index is 0.0157. The summed E-state index contributed by atoms with van der Waals surface area (Å²) in [6, 6.07) is 0.361. The molecule has 2 saturated carbocycles. The summed E-state index contributed by atoms with van der Waals surface area (Å²) in [5.41, 5.74) is -0.243. The van der Waals surface area contributed by atoms with Crippen molar-refractivity contribution in [2.45, 2.75) is 44.6 Å². The van der Waals surface area contributed by atoms with Gasteiger partial charge in [0.1, 0.15) is 0 Å². The lowest BCUT2D eigenvalue weighted by Crippen LogP contribution is -2.50. The number of hydrogen-bond donors (Lipinski definition) is 2. The van der Waals surface area contributed by atoms with Gasteiger partial charge in [-0.2, -0.15) is 0 Å². The highest BCUT2D eigenvalue weighted by Gasteiger charge is 2.51. The highest BCUT2D eigenvalue weighted by atomic mass is 16.2. The van der Waals surface area contributed by atoms with Crippen molar-refractivity contribution in [2.24, 2.45) is 11.3 Å². The molecule has 3 fully saturated rings. The molecular weight excluding hydrogens is 254 g/mol. The Morgan fingerprint density at radius 3 is 2.85 bits per heavy atom. The quantitative estimate of drug-likeness (QED) is 0.788. The summed E-state index contributed by atoms with van der Waals surface area (Å²) in [5.74, 6) is 0.605. The summed E-state index contributed by atoms with van der Waals surface area (Å²) in [6.07, 6.45) is 6.64. The second-order valence-corrected chi connectivity index (χ2v) is 6.73. The lowest BCUT2D eigenvalue weighted by Gasteiger charge is -2.39. The average molecular weight is 279 g/mol. The molecule has 0 unspecified atom stereocenters. The lowest BCUT2D eigenvalue weighted by molar-refractivity contribution is -0.146. The van der Waals surface area contributed by atoms with E-state index in [0.717, 1.165) is 45.2 Å². The zero-order valence-corrected chi connectivity index (χ0v) is 12.3. The van der Waals surface area contributed by atoms with Crippen LogP contribution in [-0.4, -0.2) is 49.4 Å². The fourth-order valence-electron chi connectivity index (χ4n) is 3.84. The van der Waals surface area contributed by atoms with Crippen LogP contribution in [0.25, 0.3) is 0 Å². The van der Waals surface area contributed by atoms with E-state index < -0.39 is 0 Å². The normalized spacial score (nSPS) is 32.5. The van der Waals surface area contributed by atoms with Crippen molar-refractivity contribution in [3.8, 4) is 0 Å². The van der Waals surface area contributed by atoms with Crippen molar-refractivity contribution < 1.29 is 9.59 Å². The first kappa shape index (κ1) is 13.9. The number of nitrogens with zero attached hydrogens (tertiary/aromatic N) is 1. The Labute approximate surface area is 120 Å². The van der Waals surface area contributed by atoms with Crippen molar-refractivity contribution >= 4 is 11.8 Å². The molecule has 1 aliphatic heterocycles. The summed E-state index contributed by atoms with van der Waals surface area (Å²) < 4.78 is 0. The van der Waals surface area contributed by atoms with E-state index in [1.54, 1.807) is 11.9 Å². The number of amides is 2. The third-order valence-corrected chi connectivity index (χ3v) is 5.13. The number of fused-ring (bicyclic) bond motifs is 1. The molecule has 0 bridgehead atoms. The molecule has 3 aliphatic rings. The summed E-state index contributed by atoms with van der Waals surface area (Å²) in [6.45, 7) is 1.93. The Hall–Kier alpha value is -1.10. The van der Waals surface area contributed by atoms with Crippen LogP contribution in [0.1, 0.15) is 38.5 Å². The van der Waals surface area contributed by atoms with Gasteiger partial charge in [-0.1, -0.05) is 12.8 Å². The molecule has 0 radical (unpaired) electrons. The van der Waals surface area contributed by atoms with Gasteiger partial charge in [-0.05, 0) is 38.1 Å². The predicted molar refractivity (Wildman–Crippen MR) is 76.1 cm³/mol. The number of hydrogen-bond acceptors (Lipinski definition) is 3. The molecule has 20 heavy (non-hydrogen) atoms. The van der Waals surface area contributed by atoms with Crippen LogP contribution in [0, 0.1) is 11.3 Å². The SMILES string of the molecule is CN(CC(=O)NC1CC1)C(=O)[C@@]12CCCC[C@H]1CNC2. The van der Waals surface area contributed by atoms with Crippen LogP contribution in [0.3, 0.4) is 0 Å². The van der Waals surface area contributed by atoms with E-state index >= 15 is 0 Å². The van der Waals surface area contributed by atoms with E-state index in [9.17, 15) is 9.59 Å². The van der Waals surface area contributed by atoms with Gasteiger partial charge in [-0.3, -0.25) is 9.59 Å². The summed E-state index contributed by atoms with van der Waals surface area (Å²) in [7, 11) is 1.77. The number of likely N-dealkylation sites (N-methyl/N-ethyl adjacent to an activating group) is 1. The molecule has 0 aromatic rings. The molecule has 2 atom stereocenters. The van der Waals surface area contributed by atoms with Gasteiger partial charge in [0.2, 0.25) is 11.8 Å². The van der Waals surface area contributed by atoms with Crippen molar-refractivity contribution in [3.05, 3.63) is 0 Å². The van der Waals surface area contributed by atoms with E-state index in [4.69, 9.17) is 0 Å². The molecule has 3 rings (SSSR count). The third kappa shape index (κ3) is 2.55. The van der Waals surface area contributed by atoms with E-state index in [2.05, 4.69) is 10.6 Å². The van der Waals surface area contributed by atoms with E-state index in [1.165, 1.54) is 6.42 Å². The highest BCUT2D eigenvalue weighted by molar-refractivity contribution is 5.88. The van der Waals surface area contributed by atoms with Crippen molar-refractivity contribution in [2.75, 3.05) is 26.7 Å². The molecule has 1 heterocycles. The zero-order valence-electron chi connectivity index (χ0n) is 12.3. The number of nitrogens with one attached hydrogen (secondary N) is 2. The number of rotatable bonds is 4. The van der Waals surface area contributed by atoms with Crippen molar-refractivity contribution in [3.63, 3.8) is 0 Å². The van der Waals surface area contributed by atoms with Crippen molar-refractivity contribution in [1.29, 1.82) is 0 Å². The van der Waals surface area contributed by atoms with Crippen LogP contribution in [0.15, 0.2) is 0 Å². The smallest absolute Gasteiger partial charge is 0.239 e. The number of carbonyl (C=O) groups is 2. The van der Waals surface area contributed by atoms with Crippen LogP contribution in [0.4, 0.5) is 0 Å². The predicted octanol–water partition coefficient (Wildman–Crippen LogP) is 0.503. The van der Waals surface area contributed by atoms with E-state index in [1.807, 2.05) is 0 Å². The molecule has 5 nitrogen and oxygen atoms in total. The third-order valence-electron chi connectivity index (χ3n) is 5.13. The maximum Gasteiger partial charge on any atom is 0.239 e. The van der Waals surface area contributed by atoms with Crippen LogP contribution >= 0.6 is 0 Å². The minimum Gasteiger partial charge on any atom is -0.352 e. The first-order chi connectivity index (χ1) is 9.62. The molecule has 2 amide bonds. The zero-order chi connectivity index (χ0) is 14.2. The Balaban J connectivity index is 1.62. The molecular formula is C15H25N3O2. The molecule has 0 spiro atoms. The second kappa shape index (κ2) is 5.35. The van der Waals surface area contributed by atoms with Crippen LogP contribution in [0.2, 0.25) is 0 Å². The number of carbonyl (C=O) groups excluding carboxylic acids is 2. The Morgan fingerprint density at radius 2 is 2.10 bits per heavy atom. The van der Waals surface area contributed by atoms with Gasteiger partial charge in [0, 0.05) is 19.6 Å². The summed E-state index contributed by atoms with van der Waals surface area (Å²) >= 11 is 0. The van der Waals surface area contributed by atoms with Gasteiger partial charge in [0.25, 0.3) is 0 Å². The maximum atomic E-state index is 12.8. The van der Waals surface area contributed by atoms with Gasteiger partial charge in [0.15, 0.2) is 0 Å². The second-order valence-electron chi connectivity index (χ2n) is 6.73. The van der Waals surface area contributed by atoms with E-state index in [-0.39, 0.29) is 23.8 Å². The van der Waals surface area contributed by atoms with Crippen LogP contribution < -0.4 is 10.6 Å². The largest absolute Gasteiger partial charge is 0.352 e. The molecule has 2 N–H and O–H groups in total. The molecule has 5 heteroatoms.